The van der Waals surface area contributed by atoms with Crippen molar-refractivity contribution in [2.75, 3.05) is 5.73 Å². The predicted octanol–water partition coefficient (Wildman–Crippen LogP) is 3.26. The summed E-state index contributed by atoms with van der Waals surface area (Å²) in [6.45, 7) is 4.58. The third kappa shape index (κ3) is 4.16. The van der Waals surface area contributed by atoms with Crippen LogP contribution >= 0.6 is 11.8 Å². The largest absolute Gasteiger partial charge is 0.482 e. The quantitative estimate of drug-likeness (QED) is 0.790. The Kier molecular flexibility index (Phi) is 5.29. The van der Waals surface area contributed by atoms with Gasteiger partial charge in [0.1, 0.15) is 5.75 Å². The minimum absolute atomic E-state index is 0.231. The molecule has 2 N–H and O–H groups in total. The topological polar surface area (TPSA) is 74.2 Å². The highest BCUT2D eigenvalue weighted by molar-refractivity contribution is 7.99. The Balaban J connectivity index is 1.85. The zero-order valence-corrected chi connectivity index (χ0v) is 12.5. The lowest BCUT2D eigenvalue weighted by Gasteiger charge is -2.05. The Morgan fingerprint density at radius 1 is 1.40 bits per heavy atom. The molecule has 0 aliphatic heterocycles. The second kappa shape index (κ2) is 7.19. The van der Waals surface area contributed by atoms with Crippen LogP contribution < -0.4 is 10.5 Å². The molecule has 0 bridgehead atoms. The van der Waals surface area contributed by atoms with Crippen LogP contribution in [-0.2, 0) is 12.4 Å². The number of nitrogens with two attached hydrogens (primary N) is 1. The van der Waals surface area contributed by atoms with Gasteiger partial charge in [-0.3, -0.25) is 0 Å². The highest BCUT2D eigenvalue weighted by Gasteiger charge is 2.09. The fourth-order valence-corrected chi connectivity index (χ4v) is 2.28. The van der Waals surface area contributed by atoms with Gasteiger partial charge in [0.05, 0.1) is 11.4 Å². The van der Waals surface area contributed by atoms with Crippen molar-refractivity contribution in [3.8, 4) is 5.75 Å². The van der Waals surface area contributed by atoms with Crippen LogP contribution in [0.5, 0.6) is 5.75 Å². The van der Waals surface area contributed by atoms with E-state index in [1.165, 1.54) is 0 Å². The van der Waals surface area contributed by atoms with E-state index in [4.69, 9.17) is 15.0 Å². The average Bonchev–Trinajstić information content (AvgIpc) is 2.92. The minimum atomic E-state index is 0.231. The number of ether oxygens (including phenoxy) is 1. The highest BCUT2D eigenvalue weighted by Crippen LogP contribution is 2.21. The van der Waals surface area contributed by atoms with E-state index in [0.29, 0.717) is 28.4 Å². The van der Waals surface area contributed by atoms with Crippen LogP contribution in [-0.4, -0.2) is 15.4 Å². The molecule has 1 aromatic carbocycles. The van der Waals surface area contributed by atoms with Crippen molar-refractivity contribution in [3.63, 3.8) is 0 Å². The summed E-state index contributed by atoms with van der Waals surface area (Å²) in [6.07, 6.45) is 1.13. The van der Waals surface area contributed by atoms with Gasteiger partial charge in [0.25, 0.3) is 5.89 Å². The van der Waals surface area contributed by atoms with E-state index in [2.05, 4.69) is 24.0 Å². The van der Waals surface area contributed by atoms with Gasteiger partial charge in [0, 0.05) is 5.25 Å². The fourth-order valence-electron chi connectivity index (χ4n) is 1.49. The van der Waals surface area contributed by atoms with Gasteiger partial charge in [-0.15, -0.1) is 0 Å². The lowest BCUT2D eigenvalue weighted by atomic mass is 10.3. The van der Waals surface area contributed by atoms with Crippen molar-refractivity contribution < 1.29 is 9.26 Å². The van der Waals surface area contributed by atoms with E-state index >= 15 is 0 Å². The summed E-state index contributed by atoms with van der Waals surface area (Å²) in [6, 6.07) is 7.33. The van der Waals surface area contributed by atoms with Crippen LogP contribution in [0.4, 0.5) is 5.69 Å². The monoisotopic (exact) mass is 293 g/mol. The number of hydrogen-bond acceptors (Lipinski definition) is 6. The number of anilines is 1. The van der Waals surface area contributed by atoms with Crippen molar-refractivity contribution in [2.24, 2.45) is 0 Å². The Morgan fingerprint density at radius 3 is 2.95 bits per heavy atom. The molecule has 1 aromatic heterocycles. The molecule has 0 fully saturated rings. The van der Waals surface area contributed by atoms with Crippen LogP contribution in [0.15, 0.2) is 28.8 Å². The van der Waals surface area contributed by atoms with E-state index in [1.807, 2.05) is 30.0 Å². The summed E-state index contributed by atoms with van der Waals surface area (Å²) < 4.78 is 10.7. The van der Waals surface area contributed by atoms with Crippen molar-refractivity contribution in [2.45, 2.75) is 37.9 Å². The van der Waals surface area contributed by atoms with Crippen LogP contribution in [0.2, 0.25) is 0 Å². The number of aromatic nitrogens is 2. The molecule has 0 aliphatic carbocycles. The number of nitrogens with zero attached hydrogens (tertiary/aromatic N) is 2. The van der Waals surface area contributed by atoms with Crippen molar-refractivity contribution in [3.05, 3.63) is 36.0 Å². The first-order valence-corrected chi connectivity index (χ1v) is 7.64. The maximum atomic E-state index is 5.79. The van der Waals surface area contributed by atoms with E-state index < -0.39 is 0 Å². The number of thioether (sulfide) groups is 1. The molecule has 0 saturated heterocycles. The number of benzene rings is 1. The normalized spacial score (nSPS) is 12.3. The third-order valence-electron chi connectivity index (χ3n) is 2.85. The Labute approximate surface area is 122 Å². The summed E-state index contributed by atoms with van der Waals surface area (Å²) >= 11 is 1.81. The molecule has 0 radical (unpaired) electrons. The molecule has 0 saturated carbocycles. The molecule has 108 valence electrons. The summed E-state index contributed by atoms with van der Waals surface area (Å²) in [7, 11) is 0. The maximum Gasteiger partial charge on any atom is 0.264 e. The van der Waals surface area contributed by atoms with Gasteiger partial charge in [-0.25, -0.2) is 0 Å². The molecule has 0 amide bonds. The highest BCUT2D eigenvalue weighted by atomic mass is 32.2. The van der Waals surface area contributed by atoms with E-state index in [0.717, 1.165) is 12.2 Å². The number of hydrogen-bond donors (Lipinski definition) is 1. The van der Waals surface area contributed by atoms with Crippen molar-refractivity contribution in [1.29, 1.82) is 0 Å². The van der Waals surface area contributed by atoms with Gasteiger partial charge < -0.3 is 15.0 Å². The van der Waals surface area contributed by atoms with Crippen LogP contribution in [0.1, 0.15) is 32.0 Å². The summed E-state index contributed by atoms with van der Waals surface area (Å²) in [4.78, 5) is 4.30. The lowest BCUT2D eigenvalue weighted by Crippen LogP contribution is -1.99. The molecular weight excluding hydrogens is 274 g/mol. The Hall–Kier alpha value is -1.69. The molecule has 2 rings (SSSR count). The molecule has 6 heteroatoms. The number of para-hydroxylation sites is 2. The number of nitrogen functional groups attached to an aromatic ring is 1. The van der Waals surface area contributed by atoms with Gasteiger partial charge in [-0.2, -0.15) is 16.7 Å². The standard InChI is InChI=1S/C14H19N3O2S/c1-3-10(2)20-9-13-16-14(19-17-13)8-18-12-7-5-4-6-11(12)15/h4-7,10H,3,8-9,15H2,1-2H3. The summed E-state index contributed by atoms with van der Waals surface area (Å²) in [5.74, 6) is 2.55. The van der Waals surface area contributed by atoms with Crippen LogP contribution in [0.3, 0.4) is 0 Å². The third-order valence-corrected chi connectivity index (χ3v) is 4.18. The van der Waals surface area contributed by atoms with Gasteiger partial charge >= 0.3 is 0 Å². The molecule has 5 nitrogen and oxygen atoms in total. The first kappa shape index (κ1) is 14.7. The fraction of sp³-hybridized carbons (Fsp3) is 0.429. The van der Waals surface area contributed by atoms with Crippen molar-refractivity contribution in [1.82, 2.24) is 10.1 Å². The Morgan fingerprint density at radius 2 is 2.20 bits per heavy atom. The zero-order chi connectivity index (χ0) is 14.4. The molecule has 1 atom stereocenters. The molecule has 0 aliphatic rings. The Bertz CT molecular complexity index is 545. The van der Waals surface area contributed by atoms with Crippen LogP contribution in [0, 0.1) is 0 Å². The average molecular weight is 293 g/mol. The molecule has 1 unspecified atom stereocenters. The van der Waals surface area contributed by atoms with Crippen LogP contribution in [0.25, 0.3) is 0 Å². The van der Waals surface area contributed by atoms with E-state index in [1.54, 1.807) is 6.07 Å². The van der Waals surface area contributed by atoms with Gasteiger partial charge in [0.2, 0.25) is 0 Å². The molecule has 20 heavy (non-hydrogen) atoms. The summed E-state index contributed by atoms with van der Waals surface area (Å²) in [5.41, 5.74) is 6.39. The smallest absolute Gasteiger partial charge is 0.264 e. The second-order valence-electron chi connectivity index (χ2n) is 4.46. The minimum Gasteiger partial charge on any atom is -0.482 e. The molecule has 1 heterocycles. The maximum absolute atomic E-state index is 5.79. The molecule has 0 spiro atoms. The van der Waals surface area contributed by atoms with Gasteiger partial charge in [0.15, 0.2) is 12.4 Å². The van der Waals surface area contributed by atoms with Gasteiger partial charge in [-0.05, 0) is 18.6 Å². The predicted molar refractivity (Wildman–Crippen MR) is 80.5 cm³/mol. The number of rotatable bonds is 7. The van der Waals surface area contributed by atoms with Gasteiger partial charge in [-0.1, -0.05) is 31.1 Å². The van der Waals surface area contributed by atoms with E-state index in [9.17, 15) is 0 Å². The van der Waals surface area contributed by atoms with E-state index in [-0.39, 0.29) is 6.61 Å². The lowest BCUT2D eigenvalue weighted by molar-refractivity contribution is 0.243. The zero-order valence-electron chi connectivity index (χ0n) is 11.7. The van der Waals surface area contributed by atoms with Crippen molar-refractivity contribution >= 4 is 17.4 Å². The first-order valence-electron chi connectivity index (χ1n) is 6.59. The second-order valence-corrected chi connectivity index (χ2v) is 5.89. The SMILES string of the molecule is CCC(C)SCc1noc(COc2ccccc2N)n1. The molecule has 2 aromatic rings. The summed E-state index contributed by atoms with van der Waals surface area (Å²) in [5, 5.41) is 4.53. The molecular formula is C14H19N3O2S. The first-order chi connectivity index (χ1) is 9.69.